The minimum atomic E-state index is -0.524. The van der Waals surface area contributed by atoms with Crippen molar-refractivity contribution in [1.82, 2.24) is 15.0 Å². The highest BCUT2D eigenvalue weighted by atomic mass is 35.5. The normalized spacial score (nSPS) is 17.5. The highest BCUT2D eigenvalue weighted by Crippen LogP contribution is 2.44. The van der Waals surface area contributed by atoms with Crippen molar-refractivity contribution < 1.29 is 18.9 Å². The topological polar surface area (TPSA) is 108 Å². The molecular formula is C21H20Cl2N4O5. The molecule has 2 aliphatic rings. The minimum Gasteiger partial charge on any atom is -0.492 e. The second kappa shape index (κ2) is 9.01. The lowest BCUT2D eigenvalue weighted by atomic mass is 9.97. The number of nitrogens with zero attached hydrogens (tertiary/aromatic N) is 2. The summed E-state index contributed by atoms with van der Waals surface area (Å²) < 4.78 is 22.7. The summed E-state index contributed by atoms with van der Waals surface area (Å²) in [5.74, 6) is 1.95. The van der Waals surface area contributed by atoms with Gasteiger partial charge in [0.1, 0.15) is 23.9 Å². The van der Waals surface area contributed by atoms with Crippen molar-refractivity contribution in [3.63, 3.8) is 0 Å². The molecule has 1 aromatic carbocycles. The number of nitrogens with one attached hydrogen (secondary N) is 2. The van der Waals surface area contributed by atoms with Gasteiger partial charge in [0.2, 0.25) is 12.5 Å². The number of alkyl halides is 1. The molecule has 1 unspecified atom stereocenters. The SMILES string of the molecule is O=c1nc(Nc2c(Cl)cnc3c2OCO3)c2c(C3CCCCO3)cc(OCCCl)cc2[nH]1. The average molecular weight is 479 g/mol. The Kier molecular flexibility index (Phi) is 5.95. The van der Waals surface area contributed by atoms with E-state index in [1.54, 1.807) is 6.07 Å². The molecule has 2 aliphatic heterocycles. The highest BCUT2D eigenvalue weighted by Gasteiger charge is 2.26. The van der Waals surface area contributed by atoms with Crippen LogP contribution in [0, 0.1) is 0 Å². The van der Waals surface area contributed by atoms with E-state index in [0.717, 1.165) is 24.8 Å². The lowest BCUT2D eigenvalue weighted by Crippen LogP contribution is -2.17. The molecule has 0 saturated carbocycles. The quantitative estimate of drug-likeness (QED) is 0.504. The Bertz CT molecular complexity index is 1210. The van der Waals surface area contributed by atoms with Gasteiger partial charge >= 0.3 is 5.69 Å². The molecule has 32 heavy (non-hydrogen) atoms. The fraction of sp³-hybridized carbons (Fsp3) is 0.381. The summed E-state index contributed by atoms with van der Waals surface area (Å²) in [6, 6.07) is 3.66. The van der Waals surface area contributed by atoms with Gasteiger partial charge in [-0.2, -0.15) is 4.98 Å². The Labute approximate surface area is 193 Å². The molecule has 0 radical (unpaired) electrons. The van der Waals surface area contributed by atoms with Crippen LogP contribution in [0.5, 0.6) is 17.4 Å². The van der Waals surface area contributed by atoms with Crippen LogP contribution < -0.4 is 25.2 Å². The van der Waals surface area contributed by atoms with Crippen LogP contribution in [0.1, 0.15) is 30.9 Å². The molecular weight excluding hydrogens is 459 g/mol. The van der Waals surface area contributed by atoms with Gasteiger partial charge in [0.15, 0.2) is 0 Å². The number of aromatic amines is 1. The van der Waals surface area contributed by atoms with Crippen LogP contribution in [0.4, 0.5) is 11.5 Å². The summed E-state index contributed by atoms with van der Waals surface area (Å²) in [6.45, 7) is 1.03. The third-order valence-electron chi connectivity index (χ3n) is 5.30. The van der Waals surface area contributed by atoms with E-state index in [1.807, 2.05) is 6.07 Å². The van der Waals surface area contributed by atoms with Crippen molar-refractivity contribution in [1.29, 1.82) is 0 Å². The molecule has 9 nitrogen and oxygen atoms in total. The predicted molar refractivity (Wildman–Crippen MR) is 120 cm³/mol. The maximum absolute atomic E-state index is 12.4. The van der Waals surface area contributed by atoms with Crippen LogP contribution in [-0.4, -0.2) is 40.8 Å². The van der Waals surface area contributed by atoms with E-state index >= 15 is 0 Å². The zero-order chi connectivity index (χ0) is 22.1. The molecule has 4 heterocycles. The average Bonchev–Trinajstić information content (AvgIpc) is 3.28. The number of hydrogen-bond donors (Lipinski definition) is 2. The van der Waals surface area contributed by atoms with Crippen molar-refractivity contribution in [2.24, 2.45) is 0 Å². The molecule has 5 rings (SSSR count). The fourth-order valence-corrected chi connectivity index (χ4v) is 4.20. The zero-order valence-corrected chi connectivity index (χ0v) is 18.5. The van der Waals surface area contributed by atoms with Gasteiger partial charge < -0.3 is 29.2 Å². The molecule has 11 heteroatoms. The predicted octanol–water partition coefficient (Wildman–Crippen LogP) is 4.30. The lowest BCUT2D eigenvalue weighted by Gasteiger charge is -2.25. The van der Waals surface area contributed by atoms with Gasteiger partial charge in [0, 0.05) is 18.1 Å². The first-order valence-electron chi connectivity index (χ1n) is 10.2. The summed E-state index contributed by atoms with van der Waals surface area (Å²) in [5.41, 5.74) is 1.32. The lowest BCUT2D eigenvalue weighted by molar-refractivity contribution is 0.0157. The molecule has 2 N–H and O–H groups in total. The van der Waals surface area contributed by atoms with Crippen molar-refractivity contribution in [3.8, 4) is 17.4 Å². The summed E-state index contributed by atoms with van der Waals surface area (Å²) in [7, 11) is 0. The Balaban J connectivity index is 1.67. The number of anilines is 2. The van der Waals surface area contributed by atoms with Crippen molar-refractivity contribution >= 4 is 45.6 Å². The van der Waals surface area contributed by atoms with E-state index < -0.39 is 5.69 Å². The molecule has 1 saturated heterocycles. The Hall–Kier alpha value is -2.75. The van der Waals surface area contributed by atoms with Gasteiger partial charge in [-0.05, 0) is 30.9 Å². The monoisotopic (exact) mass is 478 g/mol. The third-order valence-corrected chi connectivity index (χ3v) is 5.75. The van der Waals surface area contributed by atoms with Gasteiger partial charge in [0.25, 0.3) is 5.88 Å². The largest absolute Gasteiger partial charge is 0.492 e. The Morgan fingerprint density at radius 3 is 3.00 bits per heavy atom. The molecule has 0 amide bonds. The molecule has 0 aliphatic carbocycles. The number of rotatable bonds is 6. The van der Waals surface area contributed by atoms with E-state index in [1.165, 1.54) is 6.20 Å². The first-order chi connectivity index (χ1) is 15.6. The molecule has 1 atom stereocenters. The van der Waals surface area contributed by atoms with Crippen LogP contribution in [0.15, 0.2) is 23.1 Å². The number of fused-ring (bicyclic) bond motifs is 2. The second-order valence-corrected chi connectivity index (χ2v) is 8.15. The third kappa shape index (κ3) is 4.03. The van der Waals surface area contributed by atoms with E-state index in [9.17, 15) is 4.79 Å². The maximum atomic E-state index is 12.4. The number of benzene rings is 1. The smallest absolute Gasteiger partial charge is 0.347 e. The number of halogens is 2. The summed E-state index contributed by atoms with van der Waals surface area (Å²) in [4.78, 5) is 23.5. The Morgan fingerprint density at radius 1 is 1.28 bits per heavy atom. The maximum Gasteiger partial charge on any atom is 0.347 e. The van der Waals surface area contributed by atoms with Crippen molar-refractivity contribution in [2.75, 3.05) is 31.2 Å². The van der Waals surface area contributed by atoms with Crippen LogP contribution in [-0.2, 0) is 4.74 Å². The van der Waals surface area contributed by atoms with E-state index in [2.05, 4.69) is 20.3 Å². The second-order valence-electron chi connectivity index (χ2n) is 7.37. The van der Waals surface area contributed by atoms with Gasteiger partial charge in [-0.3, -0.25) is 0 Å². The van der Waals surface area contributed by atoms with Crippen LogP contribution in [0.25, 0.3) is 10.9 Å². The molecule has 0 spiro atoms. The van der Waals surface area contributed by atoms with Gasteiger partial charge in [-0.15, -0.1) is 11.6 Å². The summed E-state index contributed by atoms with van der Waals surface area (Å²) >= 11 is 12.2. The number of H-pyrrole nitrogens is 1. The van der Waals surface area contributed by atoms with E-state index in [0.29, 0.717) is 63.9 Å². The van der Waals surface area contributed by atoms with Crippen molar-refractivity contribution in [2.45, 2.75) is 25.4 Å². The summed E-state index contributed by atoms with van der Waals surface area (Å²) in [6.07, 6.45) is 4.17. The standard InChI is InChI=1S/C21H20Cl2N4O5/c22-4-6-29-11-7-12(15-3-1-2-5-30-15)16-14(8-11)25-21(28)27-19(16)26-17-13(23)9-24-20-18(17)31-10-32-20/h7-9,15H,1-6,10H2,(H2,24,25,26,27,28). The van der Waals surface area contributed by atoms with E-state index in [4.69, 9.17) is 42.1 Å². The van der Waals surface area contributed by atoms with Gasteiger partial charge in [-0.25, -0.2) is 9.78 Å². The first kappa shape index (κ1) is 21.1. The van der Waals surface area contributed by atoms with Crippen LogP contribution in [0.3, 0.4) is 0 Å². The number of pyridine rings is 1. The first-order valence-corrected chi connectivity index (χ1v) is 11.1. The zero-order valence-electron chi connectivity index (χ0n) is 17.0. The number of aromatic nitrogens is 3. The minimum absolute atomic E-state index is 0.0311. The molecule has 0 bridgehead atoms. The van der Waals surface area contributed by atoms with Crippen LogP contribution >= 0.6 is 23.2 Å². The Morgan fingerprint density at radius 2 is 2.19 bits per heavy atom. The highest BCUT2D eigenvalue weighted by molar-refractivity contribution is 6.33. The molecule has 2 aromatic heterocycles. The number of hydrogen-bond acceptors (Lipinski definition) is 8. The van der Waals surface area contributed by atoms with Crippen molar-refractivity contribution in [3.05, 3.63) is 39.4 Å². The van der Waals surface area contributed by atoms with Crippen LogP contribution in [0.2, 0.25) is 5.02 Å². The molecule has 168 valence electrons. The molecule has 3 aromatic rings. The molecule has 1 fully saturated rings. The van der Waals surface area contributed by atoms with E-state index in [-0.39, 0.29) is 12.9 Å². The fourth-order valence-electron chi connectivity index (χ4n) is 3.94. The number of ether oxygens (including phenoxy) is 4. The van der Waals surface area contributed by atoms with Gasteiger partial charge in [-0.1, -0.05) is 11.6 Å². The van der Waals surface area contributed by atoms with Gasteiger partial charge in [0.05, 0.1) is 28.7 Å². The summed E-state index contributed by atoms with van der Waals surface area (Å²) in [5, 5.41) is 4.18.